The number of carbonyl (C=O) groups is 8. The maximum Gasteiger partial charge on any atom is 0.307 e. The average Bonchev–Trinajstić information content (AvgIpc) is 4.02. The number of hydrogen-bond acceptors (Lipinski definition) is 13. The lowest BCUT2D eigenvalue weighted by molar-refractivity contribution is -0.140. The van der Waals surface area contributed by atoms with Gasteiger partial charge in [-0.3, -0.25) is 38.4 Å². The van der Waals surface area contributed by atoms with Crippen LogP contribution in [0.4, 0.5) is 28.8 Å². The maximum atomic E-state index is 13.1. The Balaban J connectivity index is 1.04. The molecule has 62 heavy (non-hydrogen) atoms. The Hall–Kier alpha value is -8.25. The molecule has 5 heterocycles. The van der Waals surface area contributed by atoms with Crippen molar-refractivity contribution in [2.75, 3.05) is 53.7 Å². The molecule has 25 nitrogen and oxygen atoms in total. The van der Waals surface area contributed by atoms with Crippen LogP contribution in [0, 0.1) is 0 Å². The first-order valence-corrected chi connectivity index (χ1v) is 18.7. The van der Waals surface area contributed by atoms with Gasteiger partial charge in [-0.25, -0.2) is 15.0 Å². The van der Waals surface area contributed by atoms with Crippen LogP contribution in [0.3, 0.4) is 0 Å². The number of nitrogens with zero attached hydrogens (tertiary/aromatic N) is 8. The number of rotatable bonds is 18. The van der Waals surface area contributed by atoms with Gasteiger partial charge in [0, 0.05) is 98.7 Å². The summed E-state index contributed by atoms with van der Waals surface area (Å²) in [5.41, 5.74) is 6.68. The van der Waals surface area contributed by atoms with Gasteiger partial charge < -0.3 is 70.5 Å². The van der Waals surface area contributed by atoms with Crippen LogP contribution < -0.4 is 43.0 Å². The molecule has 25 heteroatoms. The minimum Gasteiger partial charge on any atom is -0.469 e. The highest BCUT2D eigenvalue weighted by Gasteiger charge is 2.21. The van der Waals surface area contributed by atoms with Crippen molar-refractivity contribution in [2.24, 2.45) is 35.2 Å². The topological polar surface area (TPSA) is 319 Å². The Morgan fingerprint density at radius 1 is 0.516 bits per heavy atom. The highest BCUT2D eigenvalue weighted by atomic mass is 16.5. The number of amides is 7. The number of aryl methyl sites for hydroxylation is 5. The van der Waals surface area contributed by atoms with E-state index in [2.05, 4.69) is 56.9 Å². The normalized spacial score (nSPS) is 10.7. The summed E-state index contributed by atoms with van der Waals surface area (Å²) in [5.74, 6) is -3.69. The number of nitrogens with two attached hydrogens (primary N) is 1. The van der Waals surface area contributed by atoms with Crippen molar-refractivity contribution in [3.63, 3.8) is 0 Å². The molecule has 0 aliphatic carbocycles. The van der Waals surface area contributed by atoms with E-state index in [4.69, 9.17) is 5.73 Å². The van der Waals surface area contributed by atoms with Gasteiger partial charge in [0.05, 0.1) is 24.9 Å². The van der Waals surface area contributed by atoms with Gasteiger partial charge in [-0.2, -0.15) is 0 Å². The second kappa shape index (κ2) is 19.7. The smallest absolute Gasteiger partial charge is 0.307 e. The monoisotopic (exact) mass is 858 g/mol. The number of imidazole rings is 3. The number of nitrogens with one attached hydrogen (secondary N) is 7. The van der Waals surface area contributed by atoms with E-state index in [1.807, 2.05) is 0 Å². The number of methoxy groups -OCH3 is 1. The molecular weight excluding hydrogens is 813 g/mol. The molecule has 9 N–H and O–H groups in total. The zero-order chi connectivity index (χ0) is 45.2. The van der Waals surface area contributed by atoms with E-state index in [1.165, 1.54) is 66.9 Å². The first-order chi connectivity index (χ1) is 29.4. The number of ether oxygens (including phenoxy) is 1. The van der Waals surface area contributed by atoms with Crippen LogP contribution in [-0.4, -0.2) is 112 Å². The lowest BCUT2D eigenvalue weighted by Crippen LogP contribution is -2.29. The zero-order valence-electron chi connectivity index (χ0n) is 34.6. The molecule has 0 bridgehead atoms. The summed E-state index contributed by atoms with van der Waals surface area (Å²) in [7, 11) is 9.20. The quantitative estimate of drug-likeness (QED) is 0.0514. The van der Waals surface area contributed by atoms with Crippen molar-refractivity contribution in [2.45, 2.75) is 19.3 Å². The number of carbonyl (C=O) groups excluding carboxylic acids is 8. The fourth-order valence-electron chi connectivity index (χ4n) is 5.90. The van der Waals surface area contributed by atoms with Crippen molar-refractivity contribution in [3.05, 3.63) is 72.0 Å². The van der Waals surface area contributed by atoms with Crippen LogP contribution >= 0.6 is 0 Å². The lowest BCUT2D eigenvalue weighted by Gasteiger charge is -2.06. The maximum absolute atomic E-state index is 13.1. The Labute approximate surface area is 352 Å². The Morgan fingerprint density at radius 3 is 1.35 bits per heavy atom. The molecule has 0 fully saturated rings. The summed E-state index contributed by atoms with van der Waals surface area (Å²) in [4.78, 5) is 113. The molecule has 5 aromatic heterocycles. The minimum atomic E-state index is -0.631. The fourth-order valence-corrected chi connectivity index (χ4v) is 5.90. The molecule has 0 saturated heterocycles. The molecular formula is C37H46N16O9. The number of aromatic nitrogens is 8. The molecule has 5 aromatic rings. The first-order valence-electron chi connectivity index (χ1n) is 18.7. The van der Waals surface area contributed by atoms with E-state index in [1.54, 1.807) is 41.4 Å². The van der Waals surface area contributed by atoms with Crippen LogP contribution in [-0.2, 0) is 54.4 Å². The van der Waals surface area contributed by atoms with Crippen LogP contribution in [0.1, 0.15) is 72.1 Å². The molecule has 328 valence electrons. The van der Waals surface area contributed by atoms with Gasteiger partial charge >= 0.3 is 5.97 Å². The van der Waals surface area contributed by atoms with Crippen molar-refractivity contribution in [1.82, 2.24) is 53.7 Å². The van der Waals surface area contributed by atoms with Gasteiger partial charge in [-0.05, 0) is 12.1 Å². The third-order valence-electron chi connectivity index (χ3n) is 8.90. The van der Waals surface area contributed by atoms with E-state index in [9.17, 15) is 38.4 Å². The summed E-state index contributed by atoms with van der Waals surface area (Å²) in [6, 6.07) is 2.91. The van der Waals surface area contributed by atoms with Gasteiger partial charge in [-0.15, -0.1) is 0 Å². The van der Waals surface area contributed by atoms with Crippen LogP contribution in [0.25, 0.3) is 0 Å². The molecule has 7 amide bonds. The Kier molecular flexibility index (Phi) is 14.2. The summed E-state index contributed by atoms with van der Waals surface area (Å²) < 4.78 is 11.8. The van der Waals surface area contributed by atoms with E-state index in [0.717, 1.165) is 0 Å². The molecule has 0 saturated carbocycles. The Bertz CT molecular complexity index is 2540. The molecule has 0 aliphatic heterocycles. The van der Waals surface area contributed by atoms with Crippen molar-refractivity contribution >= 4 is 76.1 Å². The molecule has 5 rings (SSSR count). The third kappa shape index (κ3) is 11.5. The van der Waals surface area contributed by atoms with Crippen LogP contribution in [0.5, 0.6) is 0 Å². The zero-order valence-corrected chi connectivity index (χ0v) is 34.6. The molecule has 0 spiro atoms. The highest BCUT2D eigenvalue weighted by molar-refractivity contribution is 6.05. The first kappa shape index (κ1) is 44.8. The average molecular weight is 859 g/mol. The SMILES string of the molecule is COC(=O)CCNC(=O)c1nc(NC(=O)CCNC(=O)c2cc(NC(=O)c3nc(NC(=O)CCNC(=O)c4cc(NC(=O)c5nc(N)cn5C)cn4C)cn3C)cn2C)cn1C. The van der Waals surface area contributed by atoms with Crippen LogP contribution in [0.2, 0.25) is 0 Å². The van der Waals surface area contributed by atoms with E-state index in [0.29, 0.717) is 5.69 Å². The number of hydrogen-bond donors (Lipinski definition) is 8. The predicted octanol–water partition coefficient (Wildman–Crippen LogP) is -0.539. The van der Waals surface area contributed by atoms with Crippen molar-refractivity contribution in [1.29, 1.82) is 0 Å². The summed E-state index contributed by atoms with van der Waals surface area (Å²) in [5, 5.41) is 18.3. The van der Waals surface area contributed by atoms with Gasteiger partial charge in [0.1, 0.15) is 17.2 Å². The van der Waals surface area contributed by atoms with Gasteiger partial charge in [-0.1, -0.05) is 0 Å². The molecule has 0 radical (unpaired) electrons. The summed E-state index contributed by atoms with van der Waals surface area (Å²) >= 11 is 0. The van der Waals surface area contributed by atoms with E-state index >= 15 is 0 Å². The lowest BCUT2D eigenvalue weighted by atomic mass is 10.3. The second-order valence-electron chi connectivity index (χ2n) is 13.8. The second-order valence-corrected chi connectivity index (χ2v) is 13.8. The molecule has 0 aromatic carbocycles. The van der Waals surface area contributed by atoms with E-state index < -0.39 is 47.3 Å². The van der Waals surface area contributed by atoms with E-state index in [-0.39, 0.29) is 90.9 Å². The molecule has 0 aliphatic rings. The van der Waals surface area contributed by atoms with Crippen molar-refractivity contribution in [3.8, 4) is 0 Å². The third-order valence-corrected chi connectivity index (χ3v) is 8.90. The van der Waals surface area contributed by atoms with Crippen molar-refractivity contribution < 1.29 is 43.1 Å². The van der Waals surface area contributed by atoms with Gasteiger partial charge in [0.25, 0.3) is 29.5 Å². The number of esters is 1. The number of nitrogen functional groups attached to an aromatic ring is 1. The minimum absolute atomic E-state index is 0.00976. The number of anilines is 5. The van der Waals surface area contributed by atoms with Gasteiger partial charge in [0.2, 0.25) is 29.3 Å². The summed E-state index contributed by atoms with van der Waals surface area (Å²) in [6.45, 7) is -0.0274. The summed E-state index contributed by atoms with van der Waals surface area (Å²) in [6.07, 6.45) is 7.18. The standard InChI is InChI=1S/C37H46N16O9/c1-49-15-20(42-36(60)31-44-24(38)17-51(31)3)13-22(49)33(57)40-11-8-28(55)46-26-19-53(5)32(48-26)37(61)43-21-14-23(50(2)16-21)34(58)39-10-7-27(54)45-25-18-52(4)30(47-25)35(59)41-12-9-29(56)62-6/h13-19H,7-12,38H2,1-6H3,(H,39,58)(H,40,57)(H,41,59)(H,42,60)(H,43,61)(H,45,54)(H,46,55). The Morgan fingerprint density at radius 2 is 0.919 bits per heavy atom. The largest absolute Gasteiger partial charge is 0.469 e. The fraction of sp³-hybridized carbons (Fsp3) is 0.324. The molecule has 0 atom stereocenters. The molecule has 0 unspecified atom stereocenters. The van der Waals surface area contributed by atoms with Gasteiger partial charge in [0.15, 0.2) is 11.6 Å². The van der Waals surface area contributed by atoms with Crippen LogP contribution in [0.15, 0.2) is 43.1 Å². The highest BCUT2D eigenvalue weighted by Crippen LogP contribution is 2.17. The predicted molar refractivity (Wildman–Crippen MR) is 221 cm³/mol.